The van der Waals surface area contributed by atoms with E-state index in [2.05, 4.69) is 4.98 Å². The lowest BCUT2D eigenvalue weighted by Gasteiger charge is -2.24. The second-order valence-corrected chi connectivity index (χ2v) is 8.87. The summed E-state index contributed by atoms with van der Waals surface area (Å²) in [5, 5.41) is 2.75. The Bertz CT molecular complexity index is 932. The van der Waals surface area contributed by atoms with E-state index in [4.69, 9.17) is 4.74 Å². The van der Waals surface area contributed by atoms with Crippen molar-refractivity contribution in [1.29, 1.82) is 0 Å². The molecule has 0 N–H and O–H groups in total. The van der Waals surface area contributed by atoms with Crippen LogP contribution in [-0.2, 0) is 11.3 Å². The third-order valence-electron chi connectivity index (χ3n) is 4.74. The molecular formula is C21H21FN2O2S2. The van der Waals surface area contributed by atoms with Crippen molar-refractivity contribution >= 4 is 28.6 Å². The van der Waals surface area contributed by atoms with Crippen molar-refractivity contribution in [2.24, 2.45) is 0 Å². The van der Waals surface area contributed by atoms with Gasteiger partial charge < -0.3 is 9.64 Å². The summed E-state index contributed by atoms with van der Waals surface area (Å²) < 4.78 is 19.0. The molecule has 0 aliphatic carbocycles. The summed E-state index contributed by atoms with van der Waals surface area (Å²) in [7, 11) is 0. The molecule has 7 heteroatoms. The summed E-state index contributed by atoms with van der Waals surface area (Å²) >= 11 is 3.01. The minimum absolute atomic E-state index is 0.0211. The molecule has 0 spiro atoms. The Hall–Kier alpha value is -2.09. The van der Waals surface area contributed by atoms with E-state index in [9.17, 15) is 9.18 Å². The van der Waals surface area contributed by atoms with Crippen LogP contribution in [0.5, 0.6) is 0 Å². The second kappa shape index (κ2) is 8.51. The number of carbonyl (C=O) groups is 1. The van der Waals surface area contributed by atoms with Crippen molar-refractivity contribution in [2.45, 2.75) is 32.4 Å². The van der Waals surface area contributed by atoms with Crippen molar-refractivity contribution in [2.75, 3.05) is 13.2 Å². The summed E-state index contributed by atoms with van der Waals surface area (Å²) in [6.45, 7) is 3.77. The standard InChI is InChI=1S/C21H21FN2O2S2/c1-14-19(28-20(23-14)15-6-8-16(22)9-7-15)21(25)24(12-17-4-2-10-26-17)13-18-5-3-11-27-18/h3,5-9,11,17H,2,4,10,12-13H2,1H3. The van der Waals surface area contributed by atoms with Gasteiger partial charge >= 0.3 is 0 Å². The number of thiazole rings is 1. The van der Waals surface area contributed by atoms with Gasteiger partial charge in [-0.1, -0.05) is 6.07 Å². The van der Waals surface area contributed by atoms with Crippen LogP contribution in [-0.4, -0.2) is 35.0 Å². The Morgan fingerprint density at radius 2 is 2.14 bits per heavy atom. The van der Waals surface area contributed by atoms with Crippen LogP contribution in [0.2, 0.25) is 0 Å². The van der Waals surface area contributed by atoms with Crippen LogP contribution < -0.4 is 0 Å². The van der Waals surface area contributed by atoms with Gasteiger partial charge in [0.05, 0.1) is 18.3 Å². The molecule has 28 heavy (non-hydrogen) atoms. The number of carbonyl (C=O) groups excluding carboxylic acids is 1. The maximum absolute atomic E-state index is 13.4. The van der Waals surface area contributed by atoms with Crippen LogP contribution in [0.1, 0.15) is 33.1 Å². The van der Waals surface area contributed by atoms with Gasteiger partial charge in [-0.05, 0) is 55.5 Å². The molecule has 146 valence electrons. The monoisotopic (exact) mass is 416 g/mol. The zero-order valence-corrected chi connectivity index (χ0v) is 17.2. The van der Waals surface area contributed by atoms with Gasteiger partial charge in [0.15, 0.2) is 0 Å². The SMILES string of the molecule is Cc1nc(-c2ccc(F)cc2)sc1C(=O)N(Cc1cccs1)CC1CCCO1. The van der Waals surface area contributed by atoms with Crippen LogP contribution >= 0.6 is 22.7 Å². The van der Waals surface area contributed by atoms with Crippen LogP contribution in [0.15, 0.2) is 41.8 Å². The van der Waals surface area contributed by atoms with Gasteiger partial charge in [0, 0.05) is 23.6 Å². The Balaban J connectivity index is 1.59. The molecular weight excluding hydrogens is 395 g/mol. The second-order valence-electron chi connectivity index (χ2n) is 6.84. The zero-order valence-electron chi connectivity index (χ0n) is 15.6. The number of halogens is 1. The number of hydrogen-bond acceptors (Lipinski definition) is 5. The summed E-state index contributed by atoms with van der Waals surface area (Å²) in [5.74, 6) is -0.306. The van der Waals surface area contributed by atoms with E-state index in [1.165, 1.54) is 23.5 Å². The number of aryl methyl sites for hydroxylation is 1. The largest absolute Gasteiger partial charge is 0.376 e. The molecule has 1 unspecified atom stereocenters. The minimum atomic E-state index is -0.285. The number of thiophene rings is 1. The first-order chi connectivity index (χ1) is 13.6. The van der Waals surface area contributed by atoms with Crippen molar-refractivity contribution in [3.8, 4) is 10.6 Å². The number of amides is 1. The van der Waals surface area contributed by atoms with E-state index in [0.29, 0.717) is 23.7 Å². The summed E-state index contributed by atoms with van der Waals surface area (Å²) in [6, 6.07) is 10.3. The Morgan fingerprint density at radius 1 is 1.32 bits per heavy atom. The zero-order chi connectivity index (χ0) is 19.5. The van der Waals surface area contributed by atoms with Gasteiger partial charge in [-0.2, -0.15) is 0 Å². The van der Waals surface area contributed by atoms with Gasteiger partial charge in [-0.15, -0.1) is 22.7 Å². The first-order valence-electron chi connectivity index (χ1n) is 9.27. The highest BCUT2D eigenvalue weighted by molar-refractivity contribution is 7.17. The molecule has 4 rings (SSSR count). The predicted octanol–water partition coefficient (Wildman–Crippen LogP) is 5.14. The molecule has 0 bridgehead atoms. The predicted molar refractivity (Wildman–Crippen MR) is 110 cm³/mol. The number of benzene rings is 1. The molecule has 0 radical (unpaired) electrons. The summed E-state index contributed by atoms with van der Waals surface area (Å²) in [6.07, 6.45) is 2.12. The third-order valence-corrected chi connectivity index (χ3v) is 6.80. The topological polar surface area (TPSA) is 42.4 Å². The molecule has 1 fully saturated rings. The maximum atomic E-state index is 13.4. The lowest BCUT2D eigenvalue weighted by Crippen LogP contribution is -2.36. The Kier molecular flexibility index (Phi) is 5.85. The molecule has 3 heterocycles. The fourth-order valence-corrected chi connectivity index (χ4v) is 5.06. The number of aromatic nitrogens is 1. The highest BCUT2D eigenvalue weighted by Crippen LogP contribution is 2.30. The Morgan fingerprint density at radius 3 is 2.82 bits per heavy atom. The van der Waals surface area contributed by atoms with Crippen molar-refractivity contribution in [1.82, 2.24) is 9.88 Å². The third kappa shape index (κ3) is 4.32. The number of nitrogens with zero attached hydrogens (tertiary/aromatic N) is 2. The highest BCUT2D eigenvalue weighted by atomic mass is 32.1. The van der Waals surface area contributed by atoms with E-state index < -0.39 is 0 Å². The minimum Gasteiger partial charge on any atom is -0.376 e. The summed E-state index contributed by atoms with van der Waals surface area (Å²) in [4.78, 5) is 21.6. The van der Waals surface area contributed by atoms with E-state index in [-0.39, 0.29) is 17.8 Å². The van der Waals surface area contributed by atoms with E-state index in [0.717, 1.165) is 34.9 Å². The molecule has 0 saturated carbocycles. The molecule has 1 aliphatic rings. The molecule has 1 atom stereocenters. The number of rotatable bonds is 6. The maximum Gasteiger partial charge on any atom is 0.266 e. The average molecular weight is 417 g/mol. The van der Waals surface area contributed by atoms with Gasteiger partial charge in [-0.25, -0.2) is 9.37 Å². The molecule has 1 aromatic carbocycles. The Labute approximate surface area is 171 Å². The van der Waals surface area contributed by atoms with Crippen LogP contribution in [0.25, 0.3) is 10.6 Å². The van der Waals surface area contributed by atoms with Gasteiger partial charge in [0.2, 0.25) is 0 Å². The van der Waals surface area contributed by atoms with Crippen molar-refractivity contribution in [3.63, 3.8) is 0 Å². The highest BCUT2D eigenvalue weighted by Gasteiger charge is 2.27. The van der Waals surface area contributed by atoms with E-state index in [1.54, 1.807) is 23.5 Å². The quantitative estimate of drug-likeness (QED) is 0.559. The molecule has 2 aromatic heterocycles. The van der Waals surface area contributed by atoms with Crippen molar-refractivity contribution < 1.29 is 13.9 Å². The lowest BCUT2D eigenvalue weighted by molar-refractivity contribution is 0.0512. The number of hydrogen-bond donors (Lipinski definition) is 0. The normalized spacial score (nSPS) is 16.4. The summed E-state index contributed by atoms with van der Waals surface area (Å²) in [5.41, 5.74) is 1.52. The van der Waals surface area contributed by atoms with E-state index >= 15 is 0 Å². The van der Waals surface area contributed by atoms with Gasteiger partial charge in [0.25, 0.3) is 5.91 Å². The molecule has 4 nitrogen and oxygen atoms in total. The van der Waals surface area contributed by atoms with E-state index in [1.807, 2.05) is 29.3 Å². The number of ether oxygens (including phenoxy) is 1. The average Bonchev–Trinajstić information content (AvgIpc) is 3.44. The first kappa shape index (κ1) is 19.2. The van der Waals surface area contributed by atoms with Crippen molar-refractivity contribution in [3.05, 3.63) is 63.0 Å². The fraction of sp³-hybridized carbons (Fsp3) is 0.333. The molecule has 1 aliphatic heterocycles. The van der Waals surface area contributed by atoms with Crippen LogP contribution in [0.3, 0.4) is 0 Å². The fourth-order valence-electron chi connectivity index (χ4n) is 3.30. The lowest BCUT2D eigenvalue weighted by atomic mass is 10.2. The first-order valence-corrected chi connectivity index (χ1v) is 11.0. The molecule has 1 amide bonds. The molecule has 3 aromatic rings. The van der Waals surface area contributed by atoms with Gasteiger partial charge in [-0.3, -0.25) is 4.79 Å². The smallest absolute Gasteiger partial charge is 0.266 e. The van der Waals surface area contributed by atoms with Gasteiger partial charge in [0.1, 0.15) is 15.7 Å². The van der Waals surface area contributed by atoms with Crippen LogP contribution in [0, 0.1) is 12.7 Å². The molecule has 1 saturated heterocycles. The van der Waals surface area contributed by atoms with Crippen LogP contribution in [0.4, 0.5) is 4.39 Å².